The van der Waals surface area contributed by atoms with Gasteiger partial charge in [-0.15, -0.1) is 0 Å². The van der Waals surface area contributed by atoms with Gasteiger partial charge in [-0.2, -0.15) is 0 Å². The Balaban J connectivity index is 4.36. The number of allylic oxidation sites excluding steroid dienone is 4. The first-order valence-corrected chi connectivity index (χ1v) is 5.82. The van der Waals surface area contributed by atoms with E-state index >= 15 is 0 Å². The highest BCUT2D eigenvalue weighted by Gasteiger charge is 2.02. The Bertz CT molecular complexity index is 292. The first-order valence-electron chi connectivity index (χ1n) is 5.82. The van der Waals surface area contributed by atoms with Gasteiger partial charge in [-0.05, 0) is 51.5 Å². The monoisotopic (exact) mass is 220 g/mol. The van der Waals surface area contributed by atoms with Crippen molar-refractivity contribution in [3.8, 4) is 0 Å². The molecule has 0 amide bonds. The Morgan fingerprint density at radius 2 is 2.06 bits per heavy atom. The molecule has 0 rings (SSSR count). The van der Waals surface area contributed by atoms with Gasteiger partial charge in [-0.1, -0.05) is 19.1 Å². The van der Waals surface area contributed by atoms with Crippen molar-refractivity contribution in [1.29, 1.82) is 0 Å². The van der Waals surface area contributed by atoms with Crippen molar-refractivity contribution in [3.63, 3.8) is 0 Å². The molecule has 2 nitrogen and oxygen atoms in total. The molecule has 0 aliphatic carbocycles. The Kier molecular flexibility index (Phi) is 8.45. The lowest BCUT2D eigenvalue weighted by atomic mass is 10.1. The van der Waals surface area contributed by atoms with Crippen molar-refractivity contribution in [2.45, 2.75) is 40.2 Å². The van der Waals surface area contributed by atoms with E-state index in [0.717, 1.165) is 6.42 Å². The molecule has 1 N–H and O–H groups in total. The van der Waals surface area contributed by atoms with Gasteiger partial charge in [-0.3, -0.25) is 4.99 Å². The van der Waals surface area contributed by atoms with E-state index < -0.39 is 0 Å². The SMILES string of the molecule is C\C=C/C(C)=C/C=N/C=C(\C)C(CC)NC. The zero-order valence-electron chi connectivity index (χ0n) is 11.1. The summed E-state index contributed by atoms with van der Waals surface area (Å²) in [5.41, 5.74) is 2.47. The van der Waals surface area contributed by atoms with Crippen LogP contribution < -0.4 is 5.32 Å². The fraction of sp³-hybridized carbons (Fsp3) is 0.500. The van der Waals surface area contributed by atoms with E-state index in [1.165, 1.54) is 11.1 Å². The molecule has 0 spiro atoms. The van der Waals surface area contributed by atoms with Crippen LogP contribution in [0.15, 0.2) is 40.6 Å². The molecule has 90 valence electrons. The summed E-state index contributed by atoms with van der Waals surface area (Å²) < 4.78 is 0. The van der Waals surface area contributed by atoms with Crippen LogP contribution in [0.25, 0.3) is 0 Å². The average molecular weight is 220 g/mol. The first-order chi connectivity index (χ1) is 7.65. The molecule has 0 heterocycles. The van der Waals surface area contributed by atoms with Crippen LogP contribution in [-0.4, -0.2) is 19.3 Å². The molecule has 0 bridgehead atoms. The molecule has 0 fully saturated rings. The van der Waals surface area contributed by atoms with Crippen molar-refractivity contribution in [3.05, 3.63) is 35.6 Å². The minimum absolute atomic E-state index is 0.428. The van der Waals surface area contributed by atoms with Crippen molar-refractivity contribution in [2.75, 3.05) is 7.05 Å². The molecule has 0 aliphatic rings. The van der Waals surface area contributed by atoms with E-state index in [0.29, 0.717) is 6.04 Å². The first kappa shape index (κ1) is 14.8. The standard InChI is InChI=1S/C14H24N2/c1-6-8-12(3)9-10-16-11-13(4)14(7-2)15-5/h6,8-11,14-15H,7H2,1-5H3/b8-6-,12-9+,13-11+,16-10+. The van der Waals surface area contributed by atoms with Gasteiger partial charge in [0, 0.05) is 18.5 Å². The fourth-order valence-electron chi connectivity index (χ4n) is 1.48. The molecule has 2 heteroatoms. The third kappa shape index (κ3) is 6.36. The summed E-state index contributed by atoms with van der Waals surface area (Å²) in [6.45, 7) is 8.34. The lowest BCUT2D eigenvalue weighted by Gasteiger charge is -2.12. The third-order valence-electron chi connectivity index (χ3n) is 2.44. The van der Waals surface area contributed by atoms with Crippen LogP contribution >= 0.6 is 0 Å². The van der Waals surface area contributed by atoms with Gasteiger partial charge < -0.3 is 5.32 Å². The molecular weight excluding hydrogens is 196 g/mol. The summed E-state index contributed by atoms with van der Waals surface area (Å²) in [6, 6.07) is 0.428. The maximum absolute atomic E-state index is 4.27. The van der Waals surface area contributed by atoms with E-state index in [2.05, 4.69) is 37.2 Å². The molecule has 1 atom stereocenters. The third-order valence-corrected chi connectivity index (χ3v) is 2.44. The molecule has 0 saturated heterocycles. The summed E-state index contributed by atoms with van der Waals surface area (Å²) in [5.74, 6) is 0. The Hall–Kier alpha value is -1.15. The molecule has 1 unspecified atom stereocenters. The maximum Gasteiger partial charge on any atom is 0.0289 e. The van der Waals surface area contributed by atoms with E-state index in [-0.39, 0.29) is 0 Å². The van der Waals surface area contributed by atoms with Gasteiger partial charge in [0.05, 0.1) is 0 Å². The topological polar surface area (TPSA) is 24.4 Å². The van der Waals surface area contributed by atoms with Crippen LogP contribution in [-0.2, 0) is 0 Å². The Morgan fingerprint density at radius 1 is 1.38 bits per heavy atom. The molecule has 0 saturated carbocycles. The number of hydrogen-bond acceptors (Lipinski definition) is 2. The summed E-state index contributed by atoms with van der Waals surface area (Å²) >= 11 is 0. The Labute approximate surface area is 99.9 Å². The summed E-state index contributed by atoms with van der Waals surface area (Å²) in [4.78, 5) is 4.27. The van der Waals surface area contributed by atoms with Gasteiger partial charge in [0.2, 0.25) is 0 Å². The quantitative estimate of drug-likeness (QED) is 0.538. The van der Waals surface area contributed by atoms with Crippen LogP contribution in [0, 0.1) is 0 Å². The average Bonchev–Trinajstić information content (AvgIpc) is 2.26. The van der Waals surface area contributed by atoms with E-state index in [1.807, 2.05) is 38.5 Å². The Morgan fingerprint density at radius 3 is 2.56 bits per heavy atom. The highest BCUT2D eigenvalue weighted by Crippen LogP contribution is 2.04. The highest BCUT2D eigenvalue weighted by molar-refractivity contribution is 5.73. The predicted octanol–water partition coefficient (Wildman–Crippen LogP) is 3.48. The zero-order valence-corrected chi connectivity index (χ0v) is 11.1. The number of nitrogens with one attached hydrogen (secondary N) is 1. The fourth-order valence-corrected chi connectivity index (χ4v) is 1.48. The number of rotatable bonds is 6. The minimum Gasteiger partial charge on any atom is -0.313 e. The van der Waals surface area contributed by atoms with Crippen molar-refractivity contribution in [2.24, 2.45) is 4.99 Å². The number of aliphatic imine (C=N–C) groups is 1. The summed E-state index contributed by atoms with van der Waals surface area (Å²) in [7, 11) is 1.98. The molecule has 0 aromatic heterocycles. The second kappa shape index (κ2) is 9.10. The van der Waals surface area contributed by atoms with E-state index in [1.54, 1.807) is 0 Å². The molecule has 0 radical (unpaired) electrons. The van der Waals surface area contributed by atoms with Crippen molar-refractivity contribution in [1.82, 2.24) is 5.32 Å². The second-order valence-electron chi connectivity index (χ2n) is 3.83. The second-order valence-corrected chi connectivity index (χ2v) is 3.83. The van der Waals surface area contributed by atoms with Crippen molar-refractivity contribution < 1.29 is 0 Å². The molecule has 0 aromatic rings. The molecule has 16 heavy (non-hydrogen) atoms. The molecular formula is C14H24N2. The van der Waals surface area contributed by atoms with Gasteiger partial charge in [0.1, 0.15) is 0 Å². The largest absolute Gasteiger partial charge is 0.313 e. The van der Waals surface area contributed by atoms with Crippen molar-refractivity contribution >= 4 is 6.21 Å². The number of likely N-dealkylation sites (N-methyl/N-ethyl adjacent to an activating group) is 1. The highest BCUT2D eigenvalue weighted by atomic mass is 14.9. The normalized spacial score (nSPS) is 16.3. The molecule has 0 aliphatic heterocycles. The molecule has 0 aromatic carbocycles. The predicted molar refractivity (Wildman–Crippen MR) is 74.0 cm³/mol. The van der Waals surface area contributed by atoms with Gasteiger partial charge in [0.25, 0.3) is 0 Å². The van der Waals surface area contributed by atoms with Crippen LogP contribution in [0.5, 0.6) is 0 Å². The summed E-state index contributed by atoms with van der Waals surface area (Å²) in [6.07, 6.45) is 10.9. The van der Waals surface area contributed by atoms with Crippen LogP contribution in [0.2, 0.25) is 0 Å². The van der Waals surface area contributed by atoms with Gasteiger partial charge >= 0.3 is 0 Å². The maximum atomic E-state index is 4.27. The zero-order chi connectivity index (χ0) is 12.4. The van der Waals surface area contributed by atoms with Crippen LogP contribution in [0.3, 0.4) is 0 Å². The number of hydrogen-bond donors (Lipinski definition) is 1. The van der Waals surface area contributed by atoms with Gasteiger partial charge in [-0.25, -0.2) is 0 Å². The van der Waals surface area contributed by atoms with Gasteiger partial charge in [0.15, 0.2) is 0 Å². The smallest absolute Gasteiger partial charge is 0.0289 e. The minimum atomic E-state index is 0.428. The van der Waals surface area contributed by atoms with Crippen LogP contribution in [0.4, 0.5) is 0 Å². The van der Waals surface area contributed by atoms with E-state index in [4.69, 9.17) is 0 Å². The summed E-state index contributed by atoms with van der Waals surface area (Å²) in [5, 5.41) is 3.25. The number of nitrogens with zero attached hydrogens (tertiary/aromatic N) is 1. The van der Waals surface area contributed by atoms with E-state index in [9.17, 15) is 0 Å². The lowest BCUT2D eigenvalue weighted by molar-refractivity contribution is 0.615. The van der Waals surface area contributed by atoms with Crippen LogP contribution in [0.1, 0.15) is 34.1 Å². The lowest BCUT2D eigenvalue weighted by Crippen LogP contribution is -2.25.